The maximum atomic E-state index is 5.63. The number of halogens is 1. The molecule has 22 heavy (non-hydrogen) atoms. The van der Waals surface area contributed by atoms with E-state index in [4.69, 9.17) is 9.47 Å². The summed E-state index contributed by atoms with van der Waals surface area (Å²) in [6, 6.07) is 10.2. The number of hydrogen-bond donors (Lipinski definition) is 2. The van der Waals surface area contributed by atoms with Crippen LogP contribution in [0.2, 0.25) is 0 Å². The first-order valence-electron chi connectivity index (χ1n) is 7.36. The van der Waals surface area contributed by atoms with Crippen molar-refractivity contribution >= 4 is 29.9 Å². The Bertz CT molecular complexity index is 450. The number of nitrogens with zero attached hydrogens (tertiary/aromatic N) is 1. The molecule has 0 spiro atoms. The highest BCUT2D eigenvalue weighted by atomic mass is 127. The molecule has 1 aromatic carbocycles. The molecular formula is C16H26IN3O2. The molecule has 1 heterocycles. The first-order valence-corrected chi connectivity index (χ1v) is 7.36. The minimum atomic E-state index is 0. The second-order valence-electron chi connectivity index (χ2n) is 5.69. The quantitative estimate of drug-likeness (QED) is 0.308. The van der Waals surface area contributed by atoms with Gasteiger partial charge in [-0.1, -0.05) is 37.3 Å². The number of guanidine groups is 1. The van der Waals surface area contributed by atoms with Crippen molar-refractivity contribution in [2.24, 2.45) is 10.4 Å². The highest BCUT2D eigenvalue weighted by Crippen LogP contribution is 2.24. The normalized spacial score (nSPS) is 16.4. The predicted octanol–water partition coefficient (Wildman–Crippen LogP) is 2.02. The molecule has 1 saturated heterocycles. The molecule has 124 valence electrons. The SMILES string of the molecule is CN=C(NCCOCc1ccccc1)NCC1(C)COC1.I. The Kier molecular flexibility index (Phi) is 8.74. The summed E-state index contributed by atoms with van der Waals surface area (Å²) in [5.41, 5.74) is 1.43. The van der Waals surface area contributed by atoms with Gasteiger partial charge in [-0.3, -0.25) is 4.99 Å². The van der Waals surface area contributed by atoms with E-state index in [-0.39, 0.29) is 29.4 Å². The van der Waals surface area contributed by atoms with Crippen LogP contribution >= 0.6 is 24.0 Å². The lowest BCUT2D eigenvalue weighted by molar-refractivity contribution is -0.0971. The monoisotopic (exact) mass is 419 g/mol. The van der Waals surface area contributed by atoms with E-state index in [1.807, 2.05) is 18.2 Å². The van der Waals surface area contributed by atoms with Gasteiger partial charge in [0.2, 0.25) is 0 Å². The van der Waals surface area contributed by atoms with Crippen LogP contribution in [-0.2, 0) is 16.1 Å². The van der Waals surface area contributed by atoms with Crippen LogP contribution in [0.3, 0.4) is 0 Å². The Labute approximate surface area is 149 Å². The van der Waals surface area contributed by atoms with Crippen molar-refractivity contribution < 1.29 is 9.47 Å². The maximum Gasteiger partial charge on any atom is 0.191 e. The van der Waals surface area contributed by atoms with Gasteiger partial charge in [0, 0.05) is 25.6 Å². The van der Waals surface area contributed by atoms with E-state index in [9.17, 15) is 0 Å². The van der Waals surface area contributed by atoms with Crippen molar-refractivity contribution in [3.63, 3.8) is 0 Å². The van der Waals surface area contributed by atoms with Crippen molar-refractivity contribution in [3.05, 3.63) is 35.9 Å². The summed E-state index contributed by atoms with van der Waals surface area (Å²) in [7, 11) is 1.78. The van der Waals surface area contributed by atoms with Gasteiger partial charge in [0.25, 0.3) is 0 Å². The van der Waals surface area contributed by atoms with Crippen molar-refractivity contribution in [3.8, 4) is 0 Å². The van der Waals surface area contributed by atoms with Crippen molar-refractivity contribution in [2.45, 2.75) is 13.5 Å². The van der Waals surface area contributed by atoms with Gasteiger partial charge in [-0.25, -0.2) is 0 Å². The molecule has 0 bridgehead atoms. The van der Waals surface area contributed by atoms with Crippen LogP contribution in [0.15, 0.2) is 35.3 Å². The minimum Gasteiger partial charge on any atom is -0.380 e. The average molecular weight is 419 g/mol. The number of hydrogen-bond acceptors (Lipinski definition) is 3. The van der Waals surface area contributed by atoms with E-state index >= 15 is 0 Å². The average Bonchev–Trinajstić information content (AvgIpc) is 2.49. The molecule has 0 aromatic heterocycles. The molecule has 1 aliphatic heterocycles. The topological polar surface area (TPSA) is 54.9 Å². The Morgan fingerprint density at radius 1 is 1.27 bits per heavy atom. The molecule has 2 N–H and O–H groups in total. The zero-order valence-corrected chi connectivity index (χ0v) is 15.6. The van der Waals surface area contributed by atoms with Crippen LogP contribution in [0.4, 0.5) is 0 Å². The lowest BCUT2D eigenvalue weighted by atomic mass is 9.89. The van der Waals surface area contributed by atoms with Gasteiger partial charge in [-0.05, 0) is 5.56 Å². The summed E-state index contributed by atoms with van der Waals surface area (Å²) < 4.78 is 10.9. The van der Waals surface area contributed by atoms with Gasteiger partial charge in [0.05, 0.1) is 26.4 Å². The summed E-state index contributed by atoms with van der Waals surface area (Å²) in [6.45, 7) is 6.74. The molecule has 6 heteroatoms. The third kappa shape index (κ3) is 6.50. The summed E-state index contributed by atoms with van der Waals surface area (Å²) >= 11 is 0. The van der Waals surface area contributed by atoms with E-state index in [0.29, 0.717) is 13.2 Å². The predicted molar refractivity (Wildman–Crippen MR) is 99.8 cm³/mol. The molecule has 0 aliphatic carbocycles. The van der Waals surface area contributed by atoms with Gasteiger partial charge < -0.3 is 20.1 Å². The van der Waals surface area contributed by atoms with Crippen LogP contribution in [-0.4, -0.2) is 45.9 Å². The van der Waals surface area contributed by atoms with E-state index in [1.165, 1.54) is 5.56 Å². The summed E-state index contributed by atoms with van der Waals surface area (Å²) in [6.07, 6.45) is 0. The third-order valence-electron chi connectivity index (χ3n) is 3.46. The molecule has 5 nitrogen and oxygen atoms in total. The second-order valence-corrected chi connectivity index (χ2v) is 5.69. The molecule has 2 rings (SSSR count). The van der Waals surface area contributed by atoms with Gasteiger partial charge in [0.1, 0.15) is 0 Å². The Morgan fingerprint density at radius 2 is 2.00 bits per heavy atom. The molecule has 0 radical (unpaired) electrons. The van der Waals surface area contributed by atoms with Crippen molar-refractivity contribution in [2.75, 3.05) is 40.0 Å². The molecule has 0 amide bonds. The lowest BCUT2D eigenvalue weighted by Gasteiger charge is -2.38. The maximum absolute atomic E-state index is 5.63. The zero-order chi connectivity index (χ0) is 15.0. The largest absolute Gasteiger partial charge is 0.380 e. The zero-order valence-electron chi connectivity index (χ0n) is 13.3. The number of aliphatic imine (C=N–C) groups is 1. The Hall–Kier alpha value is -0.860. The highest BCUT2D eigenvalue weighted by molar-refractivity contribution is 14.0. The molecule has 1 aromatic rings. The van der Waals surface area contributed by atoms with Gasteiger partial charge in [-0.2, -0.15) is 0 Å². The van der Waals surface area contributed by atoms with Gasteiger partial charge >= 0.3 is 0 Å². The molecule has 1 fully saturated rings. The Morgan fingerprint density at radius 3 is 2.59 bits per heavy atom. The summed E-state index contributed by atoms with van der Waals surface area (Å²) in [4.78, 5) is 4.20. The van der Waals surface area contributed by atoms with Crippen LogP contribution in [0, 0.1) is 5.41 Å². The fourth-order valence-electron chi connectivity index (χ4n) is 2.08. The van der Waals surface area contributed by atoms with Crippen LogP contribution in [0.25, 0.3) is 0 Å². The summed E-state index contributed by atoms with van der Waals surface area (Å²) in [5, 5.41) is 6.57. The van der Waals surface area contributed by atoms with E-state index in [1.54, 1.807) is 7.05 Å². The molecule has 0 atom stereocenters. The Balaban J connectivity index is 0.00000242. The first kappa shape index (κ1) is 19.2. The second kappa shape index (κ2) is 10.0. The molecule has 0 saturated carbocycles. The fourth-order valence-corrected chi connectivity index (χ4v) is 2.08. The molecule has 0 unspecified atom stereocenters. The number of rotatable bonds is 7. The fraction of sp³-hybridized carbons (Fsp3) is 0.562. The molecule has 1 aliphatic rings. The van der Waals surface area contributed by atoms with E-state index < -0.39 is 0 Å². The number of benzene rings is 1. The van der Waals surface area contributed by atoms with E-state index in [2.05, 4.69) is 34.7 Å². The summed E-state index contributed by atoms with van der Waals surface area (Å²) in [5.74, 6) is 0.812. The lowest BCUT2D eigenvalue weighted by Crippen LogP contribution is -2.51. The van der Waals surface area contributed by atoms with Crippen molar-refractivity contribution in [1.82, 2.24) is 10.6 Å². The standard InChI is InChI=1S/C16H25N3O2.HI/c1-16(12-21-13-16)11-19-15(17-2)18-8-9-20-10-14-6-4-3-5-7-14;/h3-7H,8-13H2,1-2H3,(H2,17,18,19);1H. The van der Waals surface area contributed by atoms with Gasteiger partial charge in [-0.15, -0.1) is 24.0 Å². The number of nitrogens with one attached hydrogen (secondary N) is 2. The smallest absolute Gasteiger partial charge is 0.191 e. The van der Waals surface area contributed by atoms with Crippen LogP contribution in [0.1, 0.15) is 12.5 Å². The number of ether oxygens (including phenoxy) is 2. The molecular weight excluding hydrogens is 393 g/mol. The van der Waals surface area contributed by atoms with Crippen molar-refractivity contribution in [1.29, 1.82) is 0 Å². The minimum absolute atomic E-state index is 0. The first-order chi connectivity index (χ1) is 10.2. The highest BCUT2D eigenvalue weighted by Gasteiger charge is 2.33. The van der Waals surface area contributed by atoms with E-state index in [0.717, 1.165) is 32.3 Å². The van der Waals surface area contributed by atoms with Gasteiger partial charge in [0.15, 0.2) is 5.96 Å². The van der Waals surface area contributed by atoms with Crippen LogP contribution < -0.4 is 10.6 Å². The van der Waals surface area contributed by atoms with Crippen LogP contribution in [0.5, 0.6) is 0 Å². The third-order valence-corrected chi connectivity index (χ3v) is 3.46.